The van der Waals surface area contributed by atoms with E-state index in [9.17, 15) is 19.2 Å². The van der Waals surface area contributed by atoms with Gasteiger partial charge in [0.15, 0.2) is 0 Å². The molecule has 0 aliphatic carbocycles. The van der Waals surface area contributed by atoms with Gasteiger partial charge in [-0.2, -0.15) is 0 Å². The average Bonchev–Trinajstić information content (AvgIpc) is 3.08. The molecule has 1 aliphatic rings. The number of carbonyl (C=O) groups is 4. The van der Waals surface area contributed by atoms with Crippen molar-refractivity contribution in [3.05, 3.63) is 54.3 Å². The minimum absolute atomic E-state index is 0.00782. The molecule has 4 N–H and O–H groups in total. The van der Waals surface area contributed by atoms with Crippen molar-refractivity contribution in [2.24, 2.45) is 0 Å². The highest BCUT2D eigenvalue weighted by atomic mass is 16.3. The van der Waals surface area contributed by atoms with Gasteiger partial charge in [0.2, 0.25) is 11.8 Å². The number of rotatable bonds is 10. The van der Waals surface area contributed by atoms with E-state index in [1.807, 2.05) is 13.8 Å². The molecule has 4 amide bonds. The Balaban J connectivity index is 0.00000218. The van der Waals surface area contributed by atoms with E-state index in [0.717, 1.165) is 22.6 Å². The van der Waals surface area contributed by atoms with Gasteiger partial charge in [0.1, 0.15) is 0 Å². The van der Waals surface area contributed by atoms with Crippen LogP contribution in [0.25, 0.3) is 0 Å². The van der Waals surface area contributed by atoms with Gasteiger partial charge in [0, 0.05) is 36.5 Å². The van der Waals surface area contributed by atoms with E-state index in [0.29, 0.717) is 11.4 Å². The molecule has 0 saturated carbocycles. The van der Waals surface area contributed by atoms with Crippen molar-refractivity contribution < 1.29 is 24.3 Å². The number of nitrogens with zero attached hydrogens (tertiary/aromatic N) is 1. The van der Waals surface area contributed by atoms with E-state index < -0.39 is 11.8 Å². The maximum atomic E-state index is 11.9. The minimum Gasteiger partial charge on any atom is -0.392 e. The molecule has 0 unspecified atom stereocenters. The number of carbonyl (C=O) groups excluding carboxylic acids is 4. The molecule has 9 nitrogen and oxygen atoms in total. The van der Waals surface area contributed by atoms with Gasteiger partial charge in [0.05, 0.1) is 19.7 Å². The van der Waals surface area contributed by atoms with Crippen molar-refractivity contribution in [3.63, 3.8) is 0 Å². The first-order chi connectivity index (χ1) is 14.4. The predicted molar refractivity (Wildman–Crippen MR) is 113 cm³/mol. The summed E-state index contributed by atoms with van der Waals surface area (Å²) in [5, 5.41) is 17.1. The van der Waals surface area contributed by atoms with E-state index in [-0.39, 0.29) is 44.5 Å². The molecule has 0 aromatic heterocycles. The van der Waals surface area contributed by atoms with Crippen LogP contribution in [0.5, 0.6) is 0 Å². The molecule has 0 fully saturated rings. The largest absolute Gasteiger partial charge is 0.392 e. The van der Waals surface area contributed by atoms with Crippen molar-refractivity contribution in [2.75, 3.05) is 25.0 Å². The van der Waals surface area contributed by atoms with Gasteiger partial charge < -0.3 is 21.1 Å². The monoisotopic (exact) mass is 416 g/mol. The van der Waals surface area contributed by atoms with Gasteiger partial charge in [-0.1, -0.05) is 32.6 Å². The molecule has 0 atom stereocenters. The van der Waals surface area contributed by atoms with Gasteiger partial charge in [0.25, 0.3) is 11.8 Å². The van der Waals surface area contributed by atoms with Crippen LogP contribution >= 0.6 is 0 Å². The lowest BCUT2D eigenvalue weighted by Gasteiger charge is -2.14. The summed E-state index contributed by atoms with van der Waals surface area (Å²) >= 11 is 0. The van der Waals surface area contributed by atoms with Crippen LogP contribution in [0.1, 0.15) is 25.8 Å². The van der Waals surface area contributed by atoms with Crippen molar-refractivity contribution >= 4 is 29.3 Å². The standard InChI is InChI=1S/C19H22N4O5.C2H6/c1-13(10-21-16(25)8-9-23-18(27)6-7-19(23)28)20-11-17(26)22-15-4-2-14(12-24)3-5-15;1-2/h2-7,20,24H,1,8-12H2,(H,21,25)(H,22,26);1-2H3. The Labute approximate surface area is 175 Å². The maximum Gasteiger partial charge on any atom is 0.253 e. The van der Waals surface area contributed by atoms with Crippen molar-refractivity contribution in [3.8, 4) is 0 Å². The molecule has 162 valence electrons. The molecule has 1 heterocycles. The molecule has 0 saturated heterocycles. The van der Waals surface area contributed by atoms with Crippen LogP contribution in [0.4, 0.5) is 5.69 Å². The van der Waals surface area contributed by atoms with Crippen LogP contribution in [0.15, 0.2) is 48.7 Å². The predicted octanol–water partition coefficient (Wildman–Crippen LogP) is 0.678. The van der Waals surface area contributed by atoms with Gasteiger partial charge >= 0.3 is 0 Å². The summed E-state index contributed by atoms with van der Waals surface area (Å²) in [6.07, 6.45) is 2.31. The molecule has 1 aromatic carbocycles. The Bertz CT molecular complexity index is 784. The molecule has 0 radical (unpaired) electrons. The molecule has 1 aliphatic heterocycles. The fourth-order valence-electron chi connectivity index (χ4n) is 2.32. The Morgan fingerprint density at radius 3 is 2.13 bits per heavy atom. The quantitative estimate of drug-likeness (QED) is 0.415. The fourth-order valence-corrected chi connectivity index (χ4v) is 2.32. The molecule has 1 aromatic rings. The summed E-state index contributed by atoms with van der Waals surface area (Å²) in [6, 6.07) is 6.78. The van der Waals surface area contributed by atoms with Crippen molar-refractivity contribution in [2.45, 2.75) is 26.9 Å². The van der Waals surface area contributed by atoms with Gasteiger partial charge in [-0.05, 0) is 17.7 Å². The summed E-state index contributed by atoms with van der Waals surface area (Å²) in [5.74, 6) is -1.49. The van der Waals surface area contributed by atoms with Crippen LogP contribution in [-0.4, -0.2) is 53.3 Å². The number of hydrogen-bond donors (Lipinski definition) is 4. The van der Waals surface area contributed by atoms with E-state index in [2.05, 4.69) is 22.5 Å². The number of amides is 4. The second-order valence-electron chi connectivity index (χ2n) is 6.05. The van der Waals surface area contributed by atoms with E-state index >= 15 is 0 Å². The van der Waals surface area contributed by atoms with E-state index in [4.69, 9.17) is 5.11 Å². The Kier molecular flexibility index (Phi) is 10.6. The zero-order chi connectivity index (χ0) is 22.5. The summed E-state index contributed by atoms with van der Waals surface area (Å²) < 4.78 is 0. The topological polar surface area (TPSA) is 128 Å². The number of imide groups is 1. The number of hydrogen-bond acceptors (Lipinski definition) is 6. The highest BCUT2D eigenvalue weighted by molar-refractivity contribution is 6.13. The first kappa shape index (κ1) is 24.6. The lowest BCUT2D eigenvalue weighted by Crippen LogP contribution is -2.37. The zero-order valence-electron chi connectivity index (χ0n) is 17.2. The number of aliphatic hydroxyl groups is 1. The molecule has 2 rings (SSSR count). The lowest BCUT2D eigenvalue weighted by atomic mass is 10.2. The van der Waals surface area contributed by atoms with Crippen molar-refractivity contribution in [1.29, 1.82) is 0 Å². The van der Waals surface area contributed by atoms with Gasteiger partial charge in [-0.15, -0.1) is 0 Å². The van der Waals surface area contributed by atoms with Crippen LogP contribution in [-0.2, 0) is 25.8 Å². The second kappa shape index (κ2) is 12.9. The van der Waals surface area contributed by atoms with E-state index in [1.54, 1.807) is 24.3 Å². The molecule has 9 heteroatoms. The first-order valence-corrected chi connectivity index (χ1v) is 9.60. The minimum atomic E-state index is -0.430. The van der Waals surface area contributed by atoms with E-state index in [1.165, 1.54) is 0 Å². The smallest absolute Gasteiger partial charge is 0.253 e. The lowest BCUT2D eigenvalue weighted by molar-refractivity contribution is -0.137. The molecule has 0 spiro atoms. The summed E-state index contributed by atoms with van der Waals surface area (Å²) in [4.78, 5) is 47.5. The fraction of sp³-hybridized carbons (Fsp3) is 0.333. The number of nitrogens with one attached hydrogen (secondary N) is 3. The Morgan fingerprint density at radius 1 is 0.967 bits per heavy atom. The van der Waals surface area contributed by atoms with Gasteiger partial charge in [-0.3, -0.25) is 24.1 Å². The molecular formula is C21H28N4O5. The Morgan fingerprint density at radius 2 is 1.57 bits per heavy atom. The number of aliphatic hydroxyl groups excluding tert-OH is 1. The first-order valence-electron chi connectivity index (χ1n) is 9.60. The number of anilines is 1. The highest BCUT2D eigenvalue weighted by Gasteiger charge is 2.23. The molecule has 0 bridgehead atoms. The Hall–Kier alpha value is -3.46. The van der Waals surface area contributed by atoms with Crippen LogP contribution < -0.4 is 16.0 Å². The third-order valence-electron chi connectivity index (χ3n) is 3.88. The highest BCUT2D eigenvalue weighted by Crippen LogP contribution is 2.09. The maximum absolute atomic E-state index is 11.9. The average molecular weight is 416 g/mol. The summed E-state index contributed by atoms with van der Waals surface area (Å²) in [7, 11) is 0. The van der Waals surface area contributed by atoms with Crippen LogP contribution in [0, 0.1) is 0 Å². The van der Waals surface area contributed by atoms with Gasteiger partial charge in [-0.25, -0.2) is 0 Å². The zero-order valence-corrected chi connectivity index (χ0v) is 17.2. The SMILES string of the molecule is C=C(CNC(=O)CCN1C(=O)C=CC1=O)NCC(=O)Nc1ccc(CO)cc1.CC. The normalized spacial score (nSPS) is 12.2. The molecular weight excluding hydrogens is 388 g/mol. The van der Waals surface area contributed by atoms with Crippen LogP contribution in [0.3, 0.4) is 0 Å². The third-order valence-corrected chi connectivity index (χ3v) is 3.88. The third kappa shape index (κ3) is 8.27. The second-order valence-corrected chi connectivity index (χ2v) is 6.05. The molecule has 30 heavy (non-hydrogen) atoms. The van der Waals surface area contributed by atoms with Crippen LogP contribution in [0.2, 0.25) is 0 Å². The summed E-state index contributed by atoms with van der Waals surface area (Å²) in [6.45, 7) is 7.75. The summed E-state index contributed by atoms with van der Waals surface area (Å²) in [5.41, 5.74) is 1.78. The van der Waals surface area contributed by atoms with Crippen molar-refractivity contribution in [1.82, 2.24) is 15.5 Å². The number of benzene rings is 1.